The summed E-state index contributed by atoms with van der Waals surface area (Å²) in [7, 11) is -10.9. The molecule has 3 saturated heterocycles. The van der Waals surface area contributed by atoms with Gasteiger partial charge in [-0.1, -0.05) is 57.2 Å². The highest BCUT2D eigenvalue weighted by molar-refractivity contribution is 8.47. The quantitative estimate of drug-likeness (QED) is 0.0378. The maximum atomic E-state index is 17.2. The minimum atomic E-state index is -4.22. The third-order valence-electron chi connectivity index (χ3n) is 12.4. The van der Waals surface area contributed by atoms with Crippen LogP contribution < -0.4 is 10.9 Å². The third kappa shape index (κ3) is 10.9. The zero-order valence-corrected chi connectivity index (χ0v) is 43.3. The largest absolute Gasteiger partial charge is 0.478 e. The van der Waals surface area contributed by atoms with Crippen molar-refractivity contribution in [2.24, 2.45) is 0 Å². The summed E-state index contributed by atoms with van der Waals surface area (Å²) in [5.41, 5.74) is 7.34. The van der Waals surface area contributed by atoms with E-state index < -0.39 is 96.5 Å². The molecule has 0 radical (unpaired) electrons. The zero-order valence-electron chi connectivity index (χ0n) is 38.8. The number of carbonyl (C=O) groups is 2. The molecule has 6 aromatic rings. The number of thiol groups is 2. The number of fused-ring (bicyclic) bond motifs is 4. The van der Waals surface area contributed by atoms with E-state index in [9.17, 15) is 19.7 Å². The number of ether oxygens (including phenoxy) is 2. The molecule has 0 aliphatic carbocycles. The van der Waals surface area contributed by atoms with Crippen LogP contribution in [0.25, 0.3) is 22.3 Å². The molecule has 71 heavy (non-hydrogen) atoms. The summed E-state index contributed by atoms with van der Waals surface area (Å²) in [5, 5.41) is 9.11. The van der Waals surface area contributed by atoms with Crippen LogP contribution in [0.4, 0.5) is 4.39 Å². The van der Waals surface area contributed by atoms with Crippen molar-refractivity contribution in [1.29, 1.82) is 5.26 Å². The van der Waals surface area contributed by atoms with E-state index in [4.69, 9.17) is 48.8 Å². The Morgan fingerprint density at radius 1 is 0.817 bits per heavy atom. The number of amides is 2. The van der Waals surface area contributed by atoms with Gasteiger partial charge in [0.25, 0.3) is 11.8 Å². The van der Waals surface area contributed by atoms with Crippen molar-refractivity contribution in [3.63, 3.8) is 0 Å². The van der Waals surface area contributed by atoms with Crippen LogP contribution in [0.3, 0.4) is 0 Å². The van der Waals surface area contributed by atoms with Crippen molar-refractivity contribution >= 4 is 81.2 Å². The Labute approximate surface area is 418 Å². The Morgan fingerprint density at radius 3 is 1.89 bits per heavy atom. The number of rotatable bonds is 11. The van der Waals surface area contributed by atoms with Crippen molar-refractivity contribution in [3.05, 3.63) is 108 Å². The molecule has 0 saturated carbocycles. The molecule has 374 valence electrons. The van der Waals surface area contributed by atoms with Gasteiger partial charge in [0.05, 0.1) is 37.0 Å². The summed E-state index contributed by atoms with van der Waals surface area (Å²) in [5.74, 6) is -0.857. The van der Waals surface area contributed by atoms with Crippen LogP contribution in [0.1, 0.15) is 71.5 Å². The zero-order chi connectivity index (χ0) is 50.3. The second-order valence-electron chi connectivity index (χ2n) is 18.1. The summed E-state index contributed by atoms with van der Waals surface area (Å²) in [4.78, 5) is 64.9. The van der Waals surface area contributed by atoms with Crippen LogP contribution in [0, 0.1) is 11.3 Å². The first kappa shape index (κ1) is 51.2. The highest BCUT2D eigenvalue weighted by Gasteiger charge is 2.62. The molecular formula is C43H50FN11O11P2S2Si+2. The molecule has 28 heteroatoms. The number of imidazole rings is 2. The molecule has 7 heterocycles. The van der Waals surface area contributed by atoms with E-state index in [1.807, 2.05) is 19.2 Å². The van der Waals surface area contributed by atoms with E-state index in [0.717, 1.165) is 0 Å². The number of nitrogens with one attached hydrogen (secondary N) is 2. The number of hydrogen-bond acceptors (Lipinski definition) is 20. The van der Waals surface area contributed by atoms with Gasteiger partial charge in [-0.15, -0.1) is 0 Å². The second-order valence-corrected chi connectivity index (χ2v) is 29.0. The number of hydrogen-bond donors (Lipinski definition) is 5. The van der Waals surface area contributed by atoms with Gasteiger partial charge in [-0.25, -0.2) is 43.6 Å². The van der Waals surface area contributed by atoms with Gasteiger partial charge >= 0.3 is 14.3 Å². The van der Waals surface area contributed by atoms with E-state index in [1.165, 1.54) is 34.7 Å². The van der Waals surface area contributed by atoms with Crippen LogP contribution in [-0.2, 0) is 36.5 Å². The summed E-state index contributed by atoms with van der Waals surface area (Å²) in [6, 6.07) is 19.1. The Hall–Kier alpha value is -4.68. The van der Waals surface area contributed by atoms with Gasteiger partial charge in [-0.2, -0.15) is 32.8 Å². The first-order chi connectivity index (χ1) is 33.9. The molecule has 2 amide bonds. The maximum absolute atomic E-state index is 17.2. The highest BCUT2D eigenvalue weighted by Crippen LogP contribution is 2.70. The van der Waals surface area contributed by atoms with E-state index in [0.29, 0.717) is 11.1 Å². The number of alkyl halides is 1. The molecule has 3 fully saturated rings. The van der Waals surface area contributed by atoms with Crippen LogP contribution in [0.15, 0.2) is 86.0 Å². The highest BCUT2D eigenvalue weighted by atomic mass is 32.7. The predicted octanol–water partition coefficient (Wildman–Crippen LogP) is 7.00. The summed E-state index contributed by atoms with van der Waals surface area (Å²) in [6.45, 7) is 9.05. The molecule has 10 unspecified atom stereocenters. The fourth-order valence-corrected chi connectivity index (χ4v) is 12.8. The number of aromatic nitrogens is 8. The van der Waals surface area contributed by atoms with Crippen molar-refractivity contribution in [3.8, 4) is 6.07 Å². The van der Waals surface area contributed by atoms with Crippen LogP contribution in [-0.4, -0.2) is 121 Å². The minimum absolute atomic E-state index is 0.0130. The van der Waals surface area contributed by atoms with Gasteiger partial charge in [0.1, 0.15) is 98.1 Å². The molecule has 3 N–H and O–H groups in total. The topological polar surface area (TPSA) is 263 Å². The number of nitriles is 1. The molecule has 4 aromatic heterocycles. The molecule has 10 atom stereocenters. The fourth-order valence-electron chi connectivity index (χ4n) is 7.85. The maximum Gasteiger partial charge on any atom is 0.478 e. The normalized spacial score (nSPS) is 28.3. The lowest BCUT2D eigenvalue weighted by Crippen LogP contribution is -2.49. The van der Waals surface area contributed by atoms with E-state index >= 15 is 4.39 Å². The molecule has 22 nitrogen and oxygen atoms in total. The van der Waals surface area contributed by atoms with Crippen molar-refractivity contribution < 1.29 is 55.4 Å². The predicted molar refractivity (Wildman–Crippen MR) is 265 cm³/mol. The monoisotopic (exact) mass is 1070 g/mol. The molecular weight excluding hydrogens is 1020 g/mol. The Balaban J connectivity index is 1.04. The van der Waals surface area contributed by atoms with Crippen molar-refractivity contribution in [2.75, 3.05) is 30.7 Å². The van der Waals surface area contributed by atoms with E-state index in [2.05, 4.69) is 73.8 Å². The van der Waals surface area contributed by atoms with Crippen LogP contribution in [0.2, 0.25) is 18.1 Å². The third-order valence-corrected chi connectivity index (χ3v) is 21.0. The van der Waals surface area contributed by atoms with Crippen molar-refractivity contribution in [2.45, 2.75) is 94.2 Å². The van der Waals surface area contributed by atoms with Gasteiger partial charge in [0.15, 0.2) is 38.0 Å². The fraction of sp³-hybridized carbons (Fsp3) is 0.419. The Bertz CT molecular complexity index is 2940. The Kier molecular flexibility index (Phi) is 14.9. The van der Waals surface area contributed by atoms with Crippen LogP contribution in [0.5, 0.6) is 0 Å². The summed E-state index contributed by atoms with van der Waals surface area (Å²) in [6.07, 6.45) is -5.76. The van der Waals surface area contributed by atoms with Gasteiger partial charge in [-0.3, -0.25) is 20.4 Å². The second kappa shape index (κ2) is 20.7. The molecule has 2 aromatic carbocycles. The lowest BCUT2D eigenvalue weighted by atomic mass is 10.1. The van der Waals surface area contributed by atoms with E-state index in [-0.39, 0.29) is 51.8 Å². The standard InChI is InChI=1S/C43H48FN11O11P2S2Si/c1-43(2,3)71(4,5)66-38-35-28(63-37(38)31-33-40(49-22-47-31)55(24-51-33)53-42(57)26-15-10-7-11-16-26)20-61-68(70,59-18-12-17-45)65-34-27(19-60-67(58,69)64-35)62-36(29(34)44)30-32-39(48-21-46-30)54(23-50-32)52-41(56)25-13-8-6-9-14-25/h6-11,13-16,21-24,27-29,34-38,58,69-70H,12,18-20H2,1-5H3/p+2. The lowest BCUT2D eigenvalue weighted by molar-refractivity contribution is -0.0461. The molecule has 0 spiro atoms. The smallest absolute Gasteiger partial charge is 0.408 e. The molecule has 3 aliphatic rings. The van der Waals surface area contributed by atoms with Gasteiger partial charge in [0.2, 0.25) is 0 Å². The number of halogens is 1. The van der Waals surface area contributed by atoms with Gasteiger partial charge in [0, 0.05) is 11.1 Å². The molecule has 3 aliphatic heterocycles. The van der Waals surface area contributed by atoms with Gasteiger partial charge in [-0.05, 0) is 42.4 Å². The Morgan fingerprint density at radius 2 is 1.34 bits per heavy atom. The first-order valence-electron chi connectivity index (χ1n) is 22.2. The average Bonchev–Trinajstić information content (AvgIpc) is 4.11. The average molecular weight is 1070 g/mol. The lowest BCUT2D eigenvalue weighted by Gasteiger charge is -2.40. The summed E-state index contributed by atoms with van der Waals surface area (Å²) >= 11 is 9.31. The SMILES string of the molecule is CC(C)(C)[Si](C)(C)OC1C(c2ncnc3c2ncn3NC(=O)c2ccccc2)OC2CO[P+](S)(OCCC#N)OC3C(CO[P+](O)(S)OC21)OC(c1ncnc2c1ncn2NC(=O)c1ccccc1)C3F. The minimum Gasteiger partial charge on any atom is -0.408 e. The number of carbonyl (C=O) groups excluding carboxylic acids is 2. The number of nitrogens with zero attached hydrogens (tertiary/aromatic N) is 9. The molecule has 0 bridgehead atoms. The van der Waals surface area contributed by atoms with E-state index in [1.54, 1.807) is 60.7 Å². The number of benzene rings is 2. The first-order valence-corrected chi connectivity index (χ1v) is 30.5. The van der Waals surface area contributed by atoms with Gasteiger partial charge < -0.3 is 13.9 Å². The van der Waals surface area contributed by atoms with Crippen LogP contribution >= 0.6 is 38.8 Å². The van der Waals surface area contributed by atoms with Crippen molar-refractivity contribution in [1.82, 2.24) is 39.3 Å². The molecule has 9 rings (SSSR count). The summed E-state index contributed by atoms with van der Waals surface area (Å²) < 4.78 is 71.5.